The summed E-state index contributed by atoms with van der Waals surface area (Å²) in [6.45, 7) is 3.59. The number of nitrogens with one attached hydrogen (secondary N) is 1. The average molecular weight is 285 g/mol. The Bertz CT molecular complexity index is 503. The van der Waals surface area contributed by atoms with Gasteiger partial charge in [-0.2, -0.15) is 0 Å². The molecule has 0 bridgehead atoms. The van der Waals surface area contributed by atoms with Crippen molar-refractivity contribution in [3.8, 4) is 0 Å². The molecule has 0 atom stereocenters. The van der Waals surface area contributed by atoms with Gasteiger partial charge in [0.25, 0.3) is 5.91 Å². The molecule has 0 fully saturated rings. The van der Waals surface area contributed by atoms with Crippen LogP contribution in [0.25, 0.3) is 0 Å². The smallest absolute Gasteiger partial charge is 0.305 e. The van der Waals surface area contributed by atoms with Gasteiger partial charge in [-0.25, -0.2) is 8.78 Å². The van der Waals surface area contributed by atoms with Crippen molar-refractivity contribution in [1.82, 2.24) is 5.32 Å². The number of rotatable bonds is 6. The van der Waals surface area contributed by atoms with E-state index in [1.165, 1.54) is 13.0 Å². The Morgan fingerprint density at radius 3 is 2.65 bits per heavy atom. The Balaban J connectivity index is 2.52. The van der Waals surface area contributed by atoms with Gasteiger partial charge in [0.15, 0.2) is 0 Å². The van der Waals surface area contributed by atoms with Crippen molar-refractivity contribution in [3.63, 3.8) is 0 Å². The third kappa shape index (κ3) is 4.29. The molecule has 1 aromatic carbocycles. The first-order chi connectivity index (χ1) is 9.47. The van der Waals surface area contributed by atoms with Crippen molar-refractivity contribution < 1.29 is 23.1 Å². The lowest BCUT2D eigenvalue weighted by Crippen LogP contribution is -2.27. The third-order valence-corrected chi connectivity index (χ3v) is 2.66. The van der Waals surface area contributed by atoms with Crippen LogP contribution in [-0.4, -0.2) is 25.0 Å². The van der Waals surface area contributed by atoms with Crippen LogP contribution in [0.3, 0.4) is 0 Å². The molecule has 0 saturated heterocycles. The lowest BCUT2D eigenvalue weighted by Gasteiger charge is -2.08. The Labute approximate surface area is 116 Å². The number of carbonyl (C=O) groups excluding carboxylic acids is 2. The minimum atomic E-state index is -0.906. The predicted molar refractivity (Wildman–Crippen MR) is 69.3 cm³/mol. The molecule has 0 radical (unpaired) electrons. The molecule has 0 aliphatic rings. The molecule has 110 valence electrons. The van der Waals surface area contributed by atoms with Crippen LogP contribution >= 0.6 is 0 Å². The maximum absolute atomic E-state index is 13.7. The zero-order chi connectivity index (χ0) is 15.1. The van der Waals surface area contributed by atoms with E-state index in [1.807, 2.05) is 0 Å². The summed E-state index contributed by atoms with van der Waals surface area (Å²) in [5, 5.41) is 2.38. The van der Waals surface area contributed by atoms with Gasteiger partial charge in [-0.15, -0.1) is 0 Å². The molecule has 1 aromatic rings. The first kappa shape index (κ1) is 16.1. The minimum absolute atomic E-state index is 0.143. The van der Waals surface area contributed by atoms with Crippen molar-refractivity contribution in [2.75, 3.05) is 13.2 Å². The number of halogens is 2. The summed E-state index contributed by atoms with van der Waals surface area (Å²) in [5.74, 6) is -2.97. The van der Waals surface area contributed by atoms with E-state index >= 15 is 0 Å². The first-order valence-corrected chi connectivity index (χ1v) is 6.35. The molecule has 4 nitrogen and oxygen atoms in total. The van der Waals surface area contributed by atoms with Crippen LogP contribution in [0.15, 0.2) is 12.1 Å². The highest BCUT2D eigenvalue weighted by atomic mass is 19.1. The molecule has 0 aromatic heterocycles. The fourth-order valence-corrected chi connectivity index (χ4v) is 1.62. The van der Waals surface area contributed by atoms with E-state index in [0.29, 0.717) is 13.0 Å². The molecule has 1 amide bonds. The third-order valence-electron chi connectivity index (χ3n) is 2.66. The van der Waals surface area contributed by atoms with E-state index in [0.717, 1.165) is 6.07 Å². The summed E-state index contributed by atoms with van der Waals surface area (Å²) < 4.78 is 31.8. The standard InChI is InChI=1S/C14H17F2NO3/c1-3-20-11(18)5-4-8-17-14(19)12-10(15)7-6-9(2)13(12)16/h6-7H,3-5,8H2,1-2H3,(H,17,19). The van der Waals surface area contributed by atoms with Crippen LogP contribution in [0.2, 0.25) is 0 Å². The average Bonchev–Trinajstić information content (AvgIpc) is 2.40. The van der Waals surface area contributed by atoms with Crippen LogP contribution in [0.5, 0.6) is 0 Å². The van der Waals surface area contributed by atoms with E-state index in [2.05, 4.69) is 5.32 Å². The molecule has 0 heterocycles. The van der Waals surface area contributed by atoms with Crippen LogP contribution < -0.4 is 5.32 Å². The molecule has 0 unspecified atom stereocenters. The number of ether oxygens (including phenoxy) is 1. The second-order valence-corrected chi connectivity index (χ2v) is 4.22. The van der Waals surface area contributed by atoms with Crippen LogP contribution in [0, 0.1) is 18.6 Å². The lowest BCUT2D eigenvalue weighted by atomic mass is 10.1. The highest BCUT2D eigenvalue weighted by Gasteiger charge is 2.18. The molecule has 0 aliphatic carbocycles. The summed E-state index contributed by atoms with van der Waals surface area (Å²) >= 11 is 0. The summed E-state index contributed by atoms with van der Waals surface area (Å²) in [7, 11) is 0. The maximum Gasteiger partial charge on any atom is 0.305 e. The van der Waals surface area contributed by atoms with Crippen LogP contribution in [0.4, 0.5) is 8.78 Å². The molecule has 0 aliphatic heterocycles. The Kier molecular flexibility index (Phi) is 6.09. The Hall–Kier alpha value is -1.98. The normalized spacial score (nSPS) is 10.2. The van der Waals surface area contributed by atoms with E-state index < -0.39 is 23.1 Å². The quantitative estimate of drug-likeness (QED) is 0.645. The highest BCUT2D eigenvalue weighted by Crippen LogP contribution is 2.16. The number of benzene rings is 1. The number of amides is 1. The molecule has 1 rings (SSSR count). The number of esters is 1. The SMILES string of the molecule is CCOC(=O)CCCNC(=O)c1c(F)ccc(C)c1F. The molecular formula is C14H17F2NO3. The molecule has 0 saturated carbocycles. The molecular weight excluding hydrogens is 268 g/mol. The zero-order valence-electron chi connectivity index (χ0n) is 11.5. The van der Waals surface area contributed by atoms with Crippen LogP contribution in [-0.2, 0) is 9.53 Å². The van der Waals surface area contributed by atoms with E-state index in [1.54, 1.807) is 6.92 Å². The fourth-order valence-electron chi connectivity index (χ4n) is 1.62. The van der Waals surface area contributed by atoms with Gasteiger partial charge in [0.05, 0.1) is 6.61 Å². The largest absolute Gasteiger partial charge is 0.466 e. The van der Waals surface area contributed by atoms with E-state index in [4.69, 9.17) is 4.74 Å². The molecule has 0 spiro atoms. The van der Waals surface area contributed by atoms with Gasteiger partial charge in [-0.05, 0) is 31.9 Å². The first-order valence-electron chi connectivity index (χ1n) is 6.35. The van der Waals surface area contributed by atoms with Gasteiger partial charge in [0.2, 0.25) is 0 Å². The fraction of sp³-hybridized carbons (Fsp3) is 0.429. The van der Waals surface area contributed by atoms with Crippen molar-refractivity contribution >= 4 is 11.9 Å². The Morgan fingerprint density at radius 1 is 1.30 bits per heavy atom. The van der Waals surface area contributed by atoms with E-state index in [-0.39, 0.29) is 24.5 Å². The van der Waals surface area contributed by atoms with Crippen LogP contribution in [0.1, 0.15) is 35.7 Å². The van der Waals surface area contributed by atoms with E-state index in [9.17, 15) is 18.4 Å². The van der Waals surface area contributed by atoms with Gasteiger partial charge >= 0.3 is 5.97 Å². The number of hydrogen-bond donors (Lipinski definition) is 1. The van der Waals surface area contributed by atoms with Gasteiger partial charge in [0.1, 0.15) is 17.2 Å². The molecule has 6 heteroatoms. The summed E-state index contributed by atoms with van der Waals surface area (Å²) in [5.41, 5.74) is -0.399. The maximum atomic E-state index is 13.7. The predicted octanol–water partition coefficient (Wildman–Crippen LogP) is 2.35. The molecule has 20 heavy (non-hydrogen) atoms. The van der Waals surface area contributed by atoms with Gasteiger partial charge < -0.3 is 10.1 Å². The van der Waals surface area contributed by atoms with Crippen molar-refractivity contribution in [2.24, 2.45) is 0 Å². The van der Waals surface area contributed by atoms with Crippen molar-refractivity contribution in [1.29, 1.82) is 0 Å². The Morgan fingerprint density at radius 2 is 2.00 bits per heavy atom. The number of hydrogen-bond acceptors (Lipinski definition) is 3. The summed E-state index contributed by atoms with van der Waals surface area (Å²) in [6, 6.07) is 2.31. The summed E-state index contributed by atoms with van der Waals surface area (Å²) in [4.78, 5) is 22.8. The lowest BCUT2D eigenvalue weighted by molar-refractivity contribution is -0.143. The van der Waals surface area contributed by atoms with Crippen molar-refractivity contribution in [3.05, 3.63) is 34.9 Å². The second-order valence-electron chi connectivity index (χ2n) is 4.22. The zero-order valence-corrected chi connectivity index (χ0v) is 11.5. The van der Waals surface area contributed by atoms with Gasteiger partial charge in [-0.3, -0.25) is 9.59 Å². The highest BCUT2D eigenvalue weighted by molar-refractivity contribution is 5.95. The monoisotopic (exact) mass is 285 g/mol. The van der Waals surface area contributed by atoms with Gasteiger partial charge in [0, 0.05) is 13.0 Å². The molecule has 1 N–H and O–H groups in total. The van der Waals surface area contributed by atoms with Crippen molar-refractivity contribution in [2.45, 2.75) is 26.7 Å². The number of aryl methyl sites for hydroxylation is 1. The second kappa shape index (κ2) is 7.57. The topological polar surface area (TPSA) is 55.4 Å². The summed E-state index contributed by atoms with van der Waals surface area (Å²) in [6.07, 6.45) is 0.493. The number of carbonyl (C=O) groups is 2. The van der Waals surface area contributed by atoms with Gasteiger partial charge in [-0.1, -0.05) is 6.07 Å². The minimum Gasteiger partial charge on any atom is -0.466 e.